The summed E-state index contributed by atoms with van der Waals surface area (Å²) in [6.45, 7) is 5.55. The number of guanidine groups is 1. The molecule has 1 aliphatic heterocycles. The molecule has 3 rings (SSSR count). The number of aliphatic imine (C=N–C) groups is 1. The molecule has 8 heteroatoms. The number of halogens is 1. The minimum Gasteiger partial charge on any atom is -0.489 e. The molecule has 0 aliphatic carbocycles. The summed E-state index contributed by atoms with van der Waals surface area (Å²) >= 11 is 0. The molecule has 1 N–H and O–H groups in total. The number of nitrogens with zero attached hydrogens (tertiary/aromatic N) is 2. The minimum absolute atomic E-state index is 0. The monoisotopic (exact) mass is 543 g/mol. The first-order valence-corrected chi connectivity index (χ1v) is 11.4. The van der Waals surface area contributed by atoms with Crippen molar-refractivity contribution in [1.29, 1.82) is 0 Å². The summed E-state index contributed by atoms with van der Waals surface area (Å²) in [5, 5.41) is 3.36. The summed E-state index contributed by atoms with van der Waals surface area (Å²) < 4.78 is 29.5. The molecule has 1 heterocycles. The largest absolute Gasteiger partial charge is 0.489 e. The lowest BCUT2D eigenvalue weighted by Crippen LogP contribution is -2.57. The maximum absolute atomic E-state index is 12.2. The van der Waals surface area contributed by atoms with Crippen molar-refractivity contribution in [3.8, 4) is 5.75 Å². The van der Waals surface area contributed by atoms with Crippen LogP contribution in [0.1, 0.15) is 25.0 Å². The molecule has 2 aromatic rings. The summed E-state index contributed by atoms with van der Waals surface area (Å²) in [5.74, 6) is 1.71. The molecule has 0 atom stereocenters. The van der Waals surface area contributed by atoms with Gasteiger partial charge in [-0.25, -0.2) is 8.42 Å². The maximum Gasteiger partial charge on any atom is 0.193 e. The van der Waals surface area contributed by atoms with Crippen molar-refractivity contribution in [2.24, 2.45) is 4.99 Å². The van der Waals surface area contributed by atoms with E-state index in [0.717, 1.165) is 22.8 Å². The van der Waals surface area contributed by atoms with Crippen molar-refractivity contribution < 1.29 is 13.2 Å². The van der Waals surface area contributed by atoms with Crippen LogP contribution in [0, 0.1) is 0 Å². The van der Waals surface area contributed by atoms with E-state index < -0.39 is 14.6 Å². The first-order valence-electron chi connectivity index (χ1n) is 9.74. The van der Waals surface area contributed by atoms with Gasteiger partial charge in [0.1, 0.15) is 12.4 Å². The van der Waals surface area contributed by atoms with Gasteiger partial charge < -0.3 is 15.0 Å². The molecule has 6 nitrogen and oxygen atoms in total. The SMILES string of the molecule is CN=C(NCc1cccc(COc2ccccc2)c1)N1CCS(=O)(=O)C(C)(C)C1.I. The van der Waals surface area contributed by atoms with Crippen LogP contribution in [0.4, 0.5) is 0 Å². The zero-order valence-electron chi connectivity index (χ0n) is 17.7. The minimum atomic E-state index is -3.08. The average Bonchev–Trinajstić information content (AvgIpc) is 2.70. The van der Waals surface area contributed by atoms with Gasteiger partial charge in [0.25, 0.3) is 0 Å². The van der Waals surface area contributed by atoms with E-state index >= 15 is 0 Å². The third-order valence-electron chi connectivity index (χ3n) is 5.15. The first-order chi connectivity index (χ1) is 13.8. The number of ether oxygens (including phenoxy) is 1. The van der Waals surface area contributed by atoms with Crippen LogP contribution in [0.5, 0.6) is 5.75 Å². The van der Waals surface area contributed by atoms with Crippen LogP contribution in [-0.2, 0) is 23.0 Å². The van der Waals surface area contributed by atoms with E-state index in [-0.39, 0.29) is 29.7 Å². The number of nitrogens with one attached hydrogen (secondary N) is 1. The second-order valence-corrected chi connectivity index (χ2v) is 10.6. The third-order valence-corrected chi connectivity index (χ3v) is 7.68. The Bertz CT molecular complexity index is 963. The van der Waals surface area contributed by atoms with Crippen LogP contribution in [0.15, 0.2) is 59.6 Å². The quantitative estimate of drug-likeness (QED) is 0.356. The number of para-hydroxylation sites is 1. The van der Waals surface area contributed by atoms with Gasteiger partial charge in [0.2, 0.25) is 0 Å². The van der Waals surface area contributed by atoms with E-state index in [1.165, 1.54) is 0 Å². The zero-order chi connectivity index (χ0) is 20.9. The molecule has 30 heavy (non-hydrogen) atoms. The van der Waals surface area contributed by atoms with Crippen molar-refractivity contribution >= 4 is 39.8 Å². The lowest BCUT2D eigenvalue weighted by Gasteiger charge is -2.39. The third kappa shape index (κ3) is 6.10. The van der Waals surface area contributed by atoms with Gasteiger partial charge in [-0.2, -0.15) is 0 Å². The zero-order valence-corrected chi connectivity index (χ0v) is 20.8. The van der Waals surface area contributed by atoms with Crippen molar-refractivity contribution in [2.75, 3.05) is 25.9 Å². The molecule has 0 spiro atoms. The van der Waals surface area contributed by atoms with Crippen LogP contribution in [0.25, 0.3) is 0 Å². The normalized spacial score (nSPS) is 17.7. The number of rotatable bonds is 5. The smallest absolute Gasteiger partial charge is 0.193 e. The second kappa shape index (κ2) is 10.5. The summed E-state index contributed by atoms with van der Waals surface area (Å²) in [6, 6.07) is 18.0. The van der Waals surface area contributed by atoms with Gasteiger partial charge in [-0.15, -0.1) is 24.0 Å². The van der Waals surface area contributed by atoms with Crippen LogP contribution in [0.3, 0.4) is 0 Å². The Morgan fingerprint density at radius 2 is 1.83 bits per heavy atom. The number of sulfone groups is 1. The van der Waals surface area contributed by atoms with Gasteiger partial charge in [-0.3, -0.25) is 4.99 Å². The summed E-state index contributed by atoms with van der Waals surface area (Å²) in [5.41, 5.74) is 2.21. The molecule has 0 aromatic heterocycles. The fourth-order valence-electron chi connectivity index (χ4n) is 3.35. The summed E-state index contributed by atoms with van der Waals surface area (Å²) in [7, 11) is -1.35. The molecule has 1 saturated heterocycles. The van der Waals surface area contributed by atoms with Gasteiger partial charge in [0, 0.05) is 26.7 Å². The van der Waals surface area contributed by atoms with Crippen molar-refractivity contribution in [2.45, 2.75) is 31.7 Å². The molecule has 0 radical (unpaired) electrons. The van der Waals surface area contributed by atoms with E-state index in [2.05, 4.69) is 22.4 Å². The van der Waals surface area contributed by atoms with E-state index in [4.69, 9.17) is 4.74 Å². The van der Waals surface area contributed by atoms with Crippen LogP contribution < -0.4 is 10.1 Å². The number of benzene rings is 2. The summed E-state index contributed by atoms with van der Waals surface area (Å²) in [6.07, 6.45) is 0. The molecule has 0 unspecified atom stereocenters. The molecule has 164 valence electrons. The molecule has 0 bridgehead atoms. The van der Waals surface area contributed by atoms with Crippen LogP contribution >= 0.6 is 24.0 Å². The Morgan fingerprint density at radius 1 is 1.13 bits per heavy atom. The molecule has 0 saturated carbocycles. The molecular formula is C22H30IN3O3S. The van der Waals surface area contributed by atoms with Gasteiger partial charge in [-0.05, 0) is 37.1 Å². The predicted octanol–water partition coefficient (Wildman–Crippen LogP) is 3.47. The van der Waals surface area contributed by atoms with E-state index in [0.29, 0.717) is 26.2 Å². The number of hydrogen-bond acceptors (Lipinski definition) is 4. The highest BCUT2D eigenvalue weighted by Gasteiger charge is 2.40. The van der Waals surface area contributed by atoms with Crippen molar-refractivity contribution in [3.63, 3.8) is 0 Å². The Kier molecular flexibility index (Phi) is 8.54. The number of hydrogen-bond donors (Lipinski definition) is 1. The van der Waals surface area contributed by atoms with Gasteiger partial charge in [-0.1, -0.05) is 42.5 Å². The predicted molar refractivity (Wildman–Crippen MR) is 132 cm³/mol. The van der Waals surface area contributed by atoms with Crippen LogP contribution in [0.2, 0.25) is 0 Å². The van der Waals surface area contributed by atoms with Crippen LogP contribution in [-0.4, -0.2) is 49.9 Å². The Balaban J connectivity index is 0.00000320. The van der Waals surface area contributed by atoms with E-state index in [1.54, 1.807) is 20.9 Å². The second-order valence-electron chi connectivity index (χ2n) is 7.82. The highest BCUT2D eigenvalue weighted by molar-refractivity contribution is 14.0. The fourth-order valence-corrected chi connectivity index (χ4v) is 4.72. The standard InChI is InChI=1S/C22H29N3O3S.HI/c1-22(2)17-25(12-13-29(22,26)27)21(23-3)24-15-18-8-7-9-19(14-18)16-28-20-10-5-4-6-11-20;/h4-11,14H,12-13,15-17H2,1-3H3,(H,23,24);1H. The van der Waals surface area contributed by atoms with Gasteiger partial charge in [0.05, 0.1) is 10.5 Å². The molecular weight excluding hydrogens is 513 g/mol. The lowest BCUT2D eigenvalue weighted by atomic mass is 10.1. The van der Waals surface area contributed by atoms with E-state index in [9.17, 15) is 8.42 Å². The van der Waals surface area contributed by atoms with Crippen molar-refractivity contribution in [3.05, 3.63) is 65.7 Å². The Labute approximate surface area is 196 Å². The van der Waals surface area contributed by atoms with E-state index in [1.807, 2.05) is 47.4 Å². The molecule has 1 fully saturated rings. The van der Waals surface area contributed by atoms with Crippen molar-refractivity contribution in [1.82, 2.24) is 10.2 Å². The lowest BCUT2D eigenvalue weighted by molar-refractivity contribution is 0.306. The Hall–Kier alpha value is -1.81. The summed E-state index contributed by atoms with van der Waals surface area (Å²) in [4.78, 5) is 6.37. The average molecular weight is 543 g/mol. The maximum atomic E-state index is 12.2. The molecule has 2 aromatic carbocycles. The van der Waals surface area contributed by atoms with Gasteiger partial charge >= 0.3 is 0 Å². The highest BCUT2D eigenvalue weighted by Crippen LogP contribution is 2.23. The van der Waals surface area contributed by atoms with Gasteiger partial charge in [0.15, 0.2) is 15.8 Å². The molecule has 1 aliphatic rings. The Morgan fingerprint density at radius 3 is 2.50 bits per heavy atom. The molecule has 0 amide bonds. The highest BCUT2D eigenvalue weighted by atomic mass is 127. The topological polar surface area (TPSA) is 71.0 Å². The fraction of sp³-hybridized carbons (Fsp3) is 0.409. The first kappa shape index (κ1) is 24.5.